The van der Waals surface area contributed by atoms with E-state index in [-0.39, 0.29) is 21.2 Å². The lowest BCUT2D eigenvalue weighted by atomic mass is 10.1. The predicted molar refractivity (Wildman–Crippen MR) is 100 cm³/mol. The summed E-state index contributed by atoms with van der Waals surface area (Å²) in [5.41, 5.74) is 0.508. The van der Waals surface area contributed by atoms with Crippen molar-refractivity contribution in [3.05, 3.63) is 52.8 Å². The molecule has 7 nitrogen and oxygen atoms in total. The minimum Gasteiger partial charge on any atom is -0.378 e. The molecule has 1 heterocycles. The van der Waals surface area contributed by atoms with Gasteiger partial charge in [0.1, 0.15) is 5.82 Å². The van der Waals surface area contributed by atoms with E-state index in [9.17, 15) is 17.6 Å². The number of nitrogens with one attached hydrogen (secondary N) is 1. The lowest BCUT2D eigenvalue weighted by Crippen LogP contribution is -2.37. The number of nitrogens with two attached hydrogens (primary N) is 1. The molecule has 1 aliphatic heterocycles. The third kappa shape index (κ3) is 4.56. The number of nitrogens with zero attached hydrogens (tertiary/aromatic N) is 1. The fourth-order valence-electron chi connectivity index (χ4n) is 2.73. The Morgan fingerprint density at radius 3 is 2.52 bits per heavy atom. The van der Waals surface area contributed by atoms with Crippen LogP contribution in [0.25, 0.3) is 0 Å². The minimum absolute atomic E-state index is 0.0674. The number of rotatable bonds is 4. The van der Waals surface area contributed by atoms with E-state index < -0.39 is 21.7 Å². The number of carbonyl (C=O) groups is 1. The maximum atomic E-state index is 14.0. The van der Waals surface area contributed by atoms with Crippen molar-refractivity contribution in [2.45, 2.75) is 4.90 Å². The van der Waals surface area contributed by atoms with Crippen molar-refractivity contribution < 1.29 is 22.3 Å². The van der Waals surface area contributed by atoms with Crippen LogP contribution in [0, 0.1) is 5.82 Å². The summed E-state index contributed by atoms with van der Waals surface area (Å²) in [5.74, 6) is -1.37. The highest BCUT2D eigenvalue weighted by molar-refractivity contribution is 7.89. The second kappa shape index (κ2) is 7.81. The third-order valence-corrected chi connectivity index (χ3v) is 5.22. The van der Waals surface area contributed by atoms with Crippen LogP contribution in [0.15, 0.2) is 41.3 Å². The zero-order chi connectivity index (χ0) is 19.6. The van der Waals surface area contributed by atoms with E-state index in [0.29, 0.717) is 32.0 Å². The average Bonchev–Trinajstić information content (AvgIpc) is 2.63. The molecule has 1 amide bonds. The largest absolute Gasteiger partial charge is 0.378 e. The highest BCUT2D eigenvalue weighted by Gasteiger charge is 2.22. The van der Waals surface area contributed by atoms with Crippen molar-refractivity contribution in [1.82, 2.24) is 0 Å². The number of ether oxygens (including phenoxy) is 1. The number of carbonyl (C=O) groups excluding carboxylic acids is 1. The molecule has 0 radical (unpaired) electrons. The van der Waals surface area contributed by atoms with Gasteiger partial charge in [0.2, 0.25) is 10.0 Å². The molecule has 1 aliphatic rings. The summed E-state index contributed by atoms with van der Waals surface area (Å²) in [6.07, 6.45) is 0. The van der Waals surface area contributed by atoms with Crippen LogP contribution in [0.4, 0.5) is 15.8 Å². The van der Waals surface area contributed by atoms with Gasteiger partial charge in [-0.25, -0.2) is 17.9 Å². The molecule has 0 aliphatic carbocycles. The Bertz CT molecular complexity index is 978. The SMILES string of the molecule is NS(=O)(=O)c1ccc(N2CCOCC2)c(C(=O)Nc2ccc(Cl)cc2F)c1. The lowest BCUT2D eigenvalue weighted by Gasteiger charge is -2.30. The molecule has 0 bridgehead atoms. The van der Waals surface area contributed by atoms with Gasteiger partial charge in [0.05, 0.1) is 29.4 Å². The summed E-state index contributed by atoms with van der Waals surface area (Å²) in [5, 5.41) is 7.82. The minimum atomic E-state index is -4.01. The molecular formula is C17H17ClFN3O4S. The maximum Gasteiger partial charge on any atom is 0.257 e. The molecule has 3 N–H and O–H groups in total. The molecule has 2 aromatic rings. The van der Waals surface area contributed by atoms with Crippen molar-refractivity contribution in [3.63, 3.8) is 0 Å². The predicted octanol–water partition coefficient (Wildman–Crippen LogP) is 2.22. The number of anilines is 2. The molecule has 0 aromatic heterocycles. The first-order valence-electron chi connectivity index (χ1n) is 8.01. The smallest absolute Gasteiger partial charge is 0.257 e. The Morgan fingerprint density at radius 2 is 1.89 bits per heavy atom. The van der Waals surface area contributed by atoms with E-state index in [4.69, 9.17) is 21.5 Å². The highest BCUT2D eigenvalue weighted by atomic mass is 35.5. The molecule has 0 unspecified atom stereocenters. The number of primary sulfonamides is 1. The number of morpholine rings is 1. The lowest BCUT2D eigenvalue weighted by molar-refractivity contribution is 0.102. The molecule has 27 heavy (non-hydrogen) atoms. The van der Waals surface area contributed by atoms with Crippen molar-refractivity contribution in [3.8, 4) is 0 Å². The molecule has 3 rings (SSSR count). The van der Waals surface area contributed by atoms with Crippen LogP contribution in [-0.4, -0.2) is 40.6 Å². The molecule has 1 fully saturated rings. The van der Waals surface area contributed by atoms with E-state index >= 15 is 0 Å². The Labute approximate surface area is 160 Å². The van der Waals surface area contributed by atoms with Gasteiger partial charge in [-0.1, -0.05) is 11.6 Å². The average molecular weight is 414 g/mol. The van der Waals surface area contributed by atoms with Gasteiger partial charge in [-0.3, -0.25) is 4.79 Å². The van der Waals surface area contributed by atoms with Crippen LogP contribution >= 0.6 is 11.6 Å². The quantitative estimate of drug-likeness (QED) is 0.800. The Kier molecular flexibility index (Phi) is 5.66. The van der Waals surface area contributed by atoms with Crippen molar-refractivity contribution >= 4 is 38.9 Å². The summed E-state index contributed by atoms with van der Waals surface area (Å²) in [6.45, 7) is 2.02. The van der Waals surface area contributed by atoms with Gasteiger partial charge in [-0.05, 0) is 36.4 Å². The van der Waals surface area contributed by atoms with Crippen LogP contribution in [0.2, 0.25) is 5.02 Å². The Hall–Kier alpha value is -2.20. The van der Waals surface area contributed by atoms with Gasteiger partial charge in [-0.2, -0.15) is 0 Å². The number of hydrogen-bond acceptors (Lipinski definition) is 5. The summed E-state index contributed by atoms with van der Waals surface area (Å²) in [7, 11) is -4.01. The zero-order valence-corrected chi connectivity index (χ0v) is 15.7. The van der Waals surface area contributed by atoms with Gasteiger partial charge in [-0.15, -0.1) is 0 Å². The first-order valence-corrected chi connectivity index (χ1v) is 9.94. The van der Waals surface area contributed by atoms with Crippen LogP contribution in [0.1, 0.15) is 10.4 Å². The fraction of sp³-hybridized carbons (Fsp3) is 0.235. The Morgan fingerprint density at radius 1 is 1.19 bits per heavy atom. The van der Waals surface area contributed by atoms with Crippen molar-refractivity contribution in [2.24, 2.45) is 5.14 Å². The molecule has 1 saturated heterocycles. The van der Waals surface area contributed by atoms with E-state index in [1.807, 2.05) is 4.90 Å². The summed E-state index contributed by atoms with van der Waals surface area (Å²) >= 11 is 5.72. The molecule has 0 spiro atoms. The second-order valence-corrected chi connectivity index (χ2v) is 7.90. The van der Waals surface area contributed by atoms with Gasteiger partial charge in [0.15, 0.2) is 0 Å². The molecular weight excluding hydrogens is 397 g/mol. The summed E-state index contributed by atoms with van der Waals surface area (Å²) in [6, 6.07) is 7.86. The highest BCUT2D eigenvalue weighted by Crippen LogP contribution is 2.27. The number of sulfonamides is 1. The standard InChI is InChI=1S/C17H17ClFN3O4S/c18-11-1-3-15(14(19)9-11)21-17(23)13-10-12(27(20,24)25)2-4-16(13)22-5-7-26-8-6-22/h1-4,9-10H,5-8H2,(H,21,23)(H2,20,24,25). The van der Waals surface area contributed by atoms with Crippen LogP contribution in [-0.2, 0) is 14.8 Å². The summed E-state index contributed by atoms with van der Waals surface area (Å²) in [4.78, 5) is 14.5. The van der Waals surface area contributed by atoms with Crippen molar-refractivity contribution in [2.75, 3.05) is 36.5 Å². The van der Waals surface area contributed by atoms with E-state index in [0.717, 1.165) is 6.07 Å². The maximum absolute atomic E-state index is 14.0. The van der Waals surface area contributed by atoms with Crippen LogP contribution in [0.3, 0.4) is 0 Å². The zero-order valence-electron chi connectivity index (χ0n) is 14.1. The second-order valence-electron chi connectivity index (χ2n) is 5.90. The molecule has 10 heteroatoms. The number of benzene rings is 2. The van der Waals surface area contributed by atoms with Crippen LogP contribution < -0.4 is 15.4 Å². The summed E-state index contributed by atoms with van der Waals surface area (Å²) < 4.78 is 42.7. The van der Waals surface area contributed by atoms with Gasteiger partial charge in [0.25, 0.3) is 5.91 Å². The number of amides is 1. The van der Waals surface area contributed by atoms with Crippen LogP contribution in [0.5, 0.6) is 0 Å². The van der Waals surface area contributed by atoms with Gasteiger partial charge in [0, 0.05) is 23.8 Å². The number of hydrogen-bond donors (Lipinski definition) is 2. The molecule has 0 atom stereocenters. The topological polar surface area (TPSA) is 102 Å². The van der Waals surface area contributed by atoms with E-state index in [1.165, 1.54) is 30.3 Å². The van der Waals surface area contributed by atoms with E-state index in [1.54, 1.807) is 0 Å². The normalized spacial score (nSPS) is 14.9. The van der Waals surface area contributed by atoms with Crippen molar-refractivity contribution in [1.29, 1.82) is 0 Å². The third-order valence-electron chi connectivity index (χ3n) is 4.07. The Balaban J connectivity index is 2.00. The first-order chi connectivity index (χ1) is 12.8. The van der Waals surface area contributed by atoms with Gasteiger partial charge >= 0.3 is 0 Å². The van der Waals surface area contributed by atoms with Gasteiger partial charge < -0.3 is 15.0 Å². The fourth-order valence-corrected chi connectivity index (χ4v) is 3.43. The molecule has 2 aromatic carbocycles. The monoisotopic (exact) mass is 413 g/mol. The molecule has 144 valence electrons. The molecule has 0 saturated carbocycles. The van der Waals surface area contributed by atoms with E-state index in [2.05, 4.69) is 5.32 Å². The first kappa shape index (κ1) is 19.6. The number of halogens is 2.